The van der Waals surface area contributed by atoms with Crippen LogP contribution in [-0.4, -0.2) is 11.5 Å². The number of quaternary nitrogens is 1. The summed E-state index contributed by atoms with van der Waals surface area (Å²) in [4.78, 5) is 11.0. The van der Waals surface area contributed by atoms with E-state index in [1.807, 2.05) is 24.3 Å². The summed E-state index contributed by atoms with van der Waals surface area (Å²) in [5, 5.41) is 2.71. The first kappa shape index (κ1) is 10.1. The zero-order chi connectivity index (χ0) is 9.68. The number of carbonyl (C=O) groups excluding carboxylic acids is 1. The first-order chi connectivity index (χ1) is 6.26. The van der Waals surface area contributed by atoms with E-state index in [1.165, 1.54) is 17.3 Å². The molecule has 0 radical (unpaired) electrons. The van der Waals surface area contributed by atoms with Gasteiger partial charge in [0.05, 0.1) is 6.54 Å². The molecule has 0 aromatic heterocycles. The number of anilines is 1. The number of hydrogen-bond donors (Lipinski definition) is 2. The van der Waals surface area contributed by atoms with Crippen LogP contribution in [0.1, 0.15) is 5.56 Å². The van der Waals surface area contributed by atoms with E-state index in [2.05, 4.69) is 11.1 Å². The average molecular weight is 197 g/mol. The first-order valence-electron chi connectivity index (χ1n) is 3.99. The van der Waals surface area contributed by atoms with Gasteiger partial charge in [0.15, 0.2) is 0 Å². The topological polar surface area (TPSA) is 56.7 Å². The smallest absolute Gasteiger partial charge is 0.283 e. The first-order valence-corrected chi connectivity index (χ1v) is 5.22. The zero-order valence-corrected chi connectivity index (χ0v) is 8.36. The van der Waals surface area contributed by atoms with E-state index < -0.39 is 0 Å². The largest absolute Gasteiger partial charge is 0.354 e. The Morgan fingerprint density at radius 3 is 2.54 bits per heavy atom. The van der Waals surface area contributed by atoms with Crippen LogP contribution in [0.3, 0.4) is 0 Å². The Balaban J connectivity index is 2.64. The summed E-state index contributed by atoms with van der Waals surface area (Å²) in [5.41, 5.74) is 5.77. The van der Waals surface area contributed by atoms with Crippen LogP contribution in [0.25, 0.3) is 0 Å². The van der Waals surface area contributed by atoms with Crippen molar-refractivity contribution in [2.75, 3.05) is 11.6 Å². The minimum atomic E-state index is -0.0395. The number of carbonyl (C=O) groups is 1. The predicted octanol–water partition coefficient (Wildman–Crippen LogP) is 1.32. The van der Waals surface area contributed by atoms with Gasteiger partial charge in [0.1, 0.15) is 0 Å². The van der Waals surface area contributed by atoms with Crippen LogP contribution in [0.4, 0.5) is 10.5 Å². The van der Waals surface area contributed by atoms with Gasteiger partial charge in [0.25, 0.3) is 5.24 Å². The highest BCUT2D eigenvalue weighted by molar-refractivity contribution is 8.13. The highest BCUT2D eigenvalue weighted by atomic mass is 32.2. The lowest BCUT2D eigenvalue weighted by Gasteiger charge is -2.02. The second-order valence-corrected chi connectivity index (χ2v) is 3.34. The van der Waals surface area contributed by atoms with Gasteiger partial charge in [-0.15, -0.1) is 0 Å². The molecule has 3 nitrogen and oxygen atoms in total. The maximum Gasteiger partial charge on any atom is 0.283 e. The molecule has 0 fully saturated rings. The second kappa shape index (κ2) is 4.89. The van der Waals surface area contributed by atoms with E-state index in [4.69, 9.17) is 0 Å². The van der Waals surface area contributed by atoms with Gasteiger partial charge < -0.3 is 11.1 Å². The summed E-state index contributed by atoms with van der Waals surface area (Å²) in [6.07, 6.45) is 1.75. The summed E-state index contributed by atoms with van der Waals surface area (Å²) >= 11 is 1.17. The summed E-state index contributed by atoms with van der Waals surface area (Å²) in [6.45, 7) is 0.775. The van der Waals surface area contributed by atoms with E-state index in [9.17, 15) is 4.79 Å². The van der Waals surface area contributed by atoms with Crippen LogP contribution < -0.4 is 11.1 Å². The molecule has 70 valence electrons. The van der Waals surface area contributed by atoms with Crippen LogP contribution in [0, 0.1) is 0 Å². The van der Waals surface area contributed by atoms with Crippen molar-refractivity contribution < 1.29 is 10.5 Å². The van der Waals surface area contributed by atoms with Crippen LogP contribution >= 0.6 is 11.8 Å². The molecule has 0 heterocycles. The maximum atomic E-state index is 11.0. The van der Waals surface area contributed by atoms with Crippen molar-refractivity contribution in [1.29, 1.82) is 0 Å². The van der Waals surface area contributed by atoms with Gasteiger partial charge in [-0.3, -0.25) is 4.79 Å². The summed E-state index contributed by atoms with van der Waals surface area (Å²) in [6, 6.07) is 7.69. The quantitative estimate of drug-likeness (QED) is 0.751. The molecule has 0 bridgehead atoms. The molecule has 0 saturated carbocycles. The van der Waals surface area contributed by atoms with E-state index >= 15 is 0 Å². The van der Waals surface area contributed by atoms with Crippen molar-refractivity contribution in [3.63, 3.8) is 0 Å². The standard InChI is InChI=1S/C9H12N2OS/c1-13-9(12)11-8-4-2-7(6-10)3-5-8/h2-5H,6,10H2,1H3,(H,11,12)/p+1. The fraction of sp³-hybridized carbons (Fsp3) is 0.222. The van der Waals surface area contributed by atoms with E-state index in [0.717, 1.165) is 12.2 Å². The lowest BCUT2D eigenvalue weighted by Crippen LogP contribution is -2.47. The van der Waals surface area contributed by atoms with Gasteiger partial charge >= 0.3 is 0 Å². The van der Waals surface area contributed by atoms with Gasteiger partial charge in [0.2, 0.25) is 0 Å². The van der Waals surface area contributed by atoms with Gasteiger partial charge in [-0.05, 0) is 18.4 Å². The predicted molar refractivity (Wildman–Crippen MR) is 55.6 cm³/mol. The van der Waals surface area contributed by atoms with Crippen LogP contribution in [0.15, 0.2) is 24.3 Å². The molecule has 0 aliphatic heterocycles. The average Bonchev–Trinajstić information content (AvgIpc) is 2.19. The van der Waals surface area contributed by atoms with Crippen LogP contribution in [0.5, 0.6) is 0 Å². The molecule has 0 aliphatic rings. The summed E-state index contributed by atoms with van der Waals surface area (Å²) < 4.78 is 0. The van der Waals surface area contributed by atoms with E-state index in [1.54, 1.807) is 6.26 Å². The highest BCUT2D eigenvalue weighted by Gasteiger charge is 1.98. The highest BCUT2D eigenvalue weighted by Crippen LogP contribution is 2.10. The third kappa shape index (κ3) is 3.08. The molecule has 1 aromatic carbocycles. The second-order valence-electron chi connectivity index (χ2n) is 2.56. The third-order valence-corrected chi connectivity index (χ3v) is 2.15. The van der Waals surface area contributed by atoms with Crippen molar-refractivity contribution in [3.8, 4) is 0 Å². The number of amides is 1. The normalized spacial score (nSPS) is 9.69. The zero-order valence-electron chi connectivity index (χ0n) is 7.54. The van der Waals surface area contributed by atoms with Crippen molar-refractivity contribution in [1.82, 2.24) is 0 Å². The molecule has 0 unspecified atom stereocenters. The molecular formula is C9H13N2OS+. The monoisotopic (exact) mass is 197 g/mol. The minimum Gasteiger partial charge on any atom is -0.354 e. The van der Waals surface area contributed by atoms with Gasteiger partial charge in [-0.2, -0.15) is 0 Å². The van der Waals surface area contributed by atoms with Crippen molar-refractivity contribution in [2.45, 2.75) is 6.54 Å². The molecule has 0 saturated heterocycles. The number of benzene rings is 1. The lowest BCUT2D eigenvalue weighted by molar-refractivity contribution is -0.386. The maximum absolute atomic E-state index is 11.0. The third-order valence-electron chi connectivity index (χ3n) is 1.67. The van der Waals surface area contributed by atoms with Gasteiger partial charge in [0, 0.05) is 11.3 Å². The Morgan fingerprint density at radius 1 is 1.46 bits per heavy atom. The molecule has 0 spiro atoms. The molecule has 13 heavy (non-hydrogen) atoms. The Kier molecular flexibility index (Phi) is 3.79. The van der Waals surface area contributed by atoms with E-state index in [-0.39, 0.29) is 5.24 Å². The number of nitrogens with one attached hydrogen (secondary N) is 1. The molecule has 1 rings (SSSR count). The number of hydrogen-bond acceptors (Lipinski definition) is 2. The Labute approximate surface area is 81.7 Å². The summed E-state index contributed by atoms with van der Waals surface area (Å²) in [7, 11) is 0. The van der Waals surface area contributed by atoms with Gasteiger partial charge in [-0.25, -0.2) is 0 Å². The van der Waals surface area contributed by atoms with Gasteiger partial charge in [-0.1, -0.05) is 23.9 Å². The van der Waals surface area contributed by atoms with Crippen molar-refractivity contribution in [3.05, 3.63) is 29.8 Å². The van der Waals surface area contributed by atoms with E-state index in [0.29, 0.717) is 0 Å². The fourth-order valence-corrected chi connectivity index (χ4v) is 1.14. The molecule has 4 heteroatoms. The van der Waals surface area contributed by atoms with Crippen LogP contribution in [0.2, 0.25) is 0 Å². The SMILES string of the molecule is CSC(=O)Nc1ccc(C[NH3+])cc1. The Morgan fingerprint density at radius 2 is 2.08 bits per heavy atom. The lowest BCUT2D eigenvalue weighted by atomic mass is 10.2. The molecule has 4 N–H and O–H groups in total. The minimum absolute atomic E-state index is 0.0395. The molecule has 1 aromatic rings. The Bertz CT molecular complexity index is 284. The van der Waals surface area contributed by atoms with Crippen molar-refractivity contribution in [2.24, 2.45) is 0 Å². The molecular weight excluding hydrogens is 184 g/mol. The molecule has 0 atom stereocenters. The molecule has 1 amide bonds. The summed E-state index contributed by atoms with van der Waals surface area (Å²) in [5.74, 6) is 0. The Hall–Kier alpha value is -1.00. The van der Waals surface area contributed by atoms with Crippen LogP contribution in [-0.2, 0) is 6.54 Å². The number of thioether (sulfide) groups is 1. The molecule has 0 aliphatic carbocycles. The fourth-order valence-electron chi connectivity index (χ4n) is 0.924. The van der Waals surface area contributed by atoms with Crippen molar-refractivity contribution >= 4 is 22.7 Å². The number of rotatable bonds is 2.